The van der Waals surface area contributed by atoms with Crippen LogP contribution < -0.4 is 5.32 Å². The number of pyridine rings is 1. The van der Waals surface area contributed by atoms with Crippen LogP contribution in [-0.4, -0.2) is 26.2 Å². The Hall–Kier alpha value is -3.03. The highest BCUT2D eigenvalue weighted by Gasteiger charge is 2.23. The van der Waals surface area contributed by atoms with Crippen LogP contribution in [0.4, 0.5) is 13.6 Å². The second kappa shape index (κ2) is 6.94. The average Bonchev–Trinajstić information content (AvgIpc) is 2.91. The molecule has 1 unspecified atom stereocenters. The molecule has 0 spiro atoms. The van der Waals surface area contributed by atoms with Crippen molar-refractivity contribution in [1.29, 1.82) is 0 Å². The predicted octanol–water partition coefficient (Wildman–Crippen LogP) is 4.28. The SMILES string of the molecule is CC(NC(=O)OC(C)(C)C)c1nc2ncccc2n1-c1cc(F)cc(F)c1. The Balaban J connectivity index is 2.06. The van der Waals surface area contributed by atoms with Crippen LogP contribution in [0.15, 0.2) is 36.5 Å². The Labute approximate surface area is 155 Å². The monoisotopic (exact) mass is 374 g/mol. The van der Waals surface area contributed by atoms with Gasteiger partial charge in [0.1, 0.15) is 23.1 Å². The van der Waals surface area contributed by atoms with Gasteiger partial charge in [-0.15, -0.1) is 0 Å². The van der Waals surface area contributed by atoms with Gasteiger partial charge in [-0.05, 0) is 52.0 Å². The number of benzene rings is 1. The van der Waals surface area contributed by atoms with E-state index in [0.29, 0.717) is 17.0 Å². The molecule has 0 saturated heterocycles. The highest BCUT2D eigenvalue weighted by molar-refractivity contribution is 5.75. The molecule has 3 aromatic rings. The maximum absolute atomic E-state index is 13.8. The molecule has 6 nitrogen and oxygen atoms in total. The first-order chi connectivity index (χ1) is 12.6. The quantitative estimate of drug-likeness (QED) is 0.743. The zero-order valence-electron chi connectivity index (χ0n) is 15.5. The van der Waals surface area contributed by atoms with Gasteiger partial charge in [0.05, 0.1) is 17.2 Å². The number of imidazole rings is 1. The Morgan fingerprint density at radius 1 is 1.22 bits per heavy atom. The molecular weight excluding hydrogens is 354 g/mol. The van der Waals surface area contributed by atoms with E-state index in [9.17, 15) is 13.6 Å². The molecule has 3 rings (SSSR count). The predicted molar refractivity (Wildman–Crippen MR) is 96.6 cm³/mol. The maximum atomic E-state index is 13.8. The summed E-state index contributed by atoms with van der Waals surface area (Å²) in [5, 5.41) is 2.69. The van der Waals surface area contributed by atoms with Crippen LogP contribution in [0, 0.1) is 11.6 Å². The van der Waals surface area contributed by atoms with Crippen LogP contribution in [-0.2, 0) is 4.74 Å². The van der Waals surface area contributed by atoms with Crippen molar-refractivity contribution in [2.45, 2.75) is 39.3 Å². The van der Waals surface area contributed by atoms with Gasteiger partial charge in [0.15, 0.2) is 5.65 Å². The van der Waals surface area contributed by atoms with Crippen LogP contribution in [0.25, 0.3) is 16.9 Å². The Morgan fingerprint density at radius 3 is 2.52 bits per heavy atom. The summed E-state index contributed by atoms with van der Waals surface area (Å²) >= 11 is 0. The van der Waals surface area contributed by atoms with E-state index in [1.807, 2.05) is 0 Å². The second-order valence-corrected chi connectivity index (χ2v) is 7.15. The van der Waals surface area contributed by atoms with Crippen molar-refractivity contribution in [3.8, 4) is 5.69 Å². The number of amides is 1. The zero-order chi connectivity index (χ0) is 19.8. The zero-order valence-corrected chi connectivity index (χ0v) is 15.5. The first-order valence-corrected chi connectivity index (χ1v) is 8.43. The van der Waals surface area contributed by atoms with Crippen molar-refractivity contribution >= 4 is 17.3 Å². The maximum Gasteiger partial charge on any atom is 0.408 e. The normalized spacial score (nSPS) is 12.8. The Bertz CT molecular complexity index is 975. The highest BCUT2D eigenvalue weighted by atomic mass is 19.1. The van der Waals surface area contributed by atoms with E-state index in [1.165, 1.54) is 12.1 Å². The molecule has 0 saturated carbocycles. The number of fused-ring (bicyclic) bond motifs is 1. The molecule has 0 radical (unpaired) electrons. The number of carbonyl (C=O) groups is 1. The minimum absolute atomic E-state index is 0.246. The van der Waals surface area contributed by atoms with Gasteiger partial charge in [-0.1, -0.05) is 0 Å². The summed E-state index contributed by atoms with van der Waals surface area (Å²) in [5.41, 5.74) is 0.554. The third-order valence-electron chi connectivity index (χ3n) is 3.68. The van der Waals surface area contributed by atoms with Gasteiger partial charge in [-0.3, -0.25) is 4.57 Å². The number of hydrogen-bond acceptors (Lipinski definition) is 4. The molecule has 0 aliphatic rings. The largest absolute Gasteiger partial charge is 0.444 e. The first kappa shape index (κ1) is 18.8. The molecule has 0 aliphatic heterocycles. The summed E-state index contributed by atoms with van der Waals surface area (Å²) < 4.78 is 34.4. The van der Waals surface area contributed by atoms with Crippen LogP contribution >= 0.6 is 0 Å². The molecule has 0 aliphatic carbocycles. The average molecular weight is 374 g/mol. The summed E-state index contributed by atoms with van der Waals surface area (Å²) in [5.74, 6) is -1.05. The van der Waals surface area contributed by atoms with Gasteiger partial charge in [0, 0.05) is 12.3 Å². The standard InChI is InChI=1S/C19H20F2N4O2/c1-11(23-18(26)27-19(2,3)4)17-24-16-15(6-5-7-22-16)25(17)14-9-12(20)8-13(21)10-14/h5-11H,1-4H3,(H,23,26). The fraction of sp³-hybridized carbons (Fsp3) is 0.316. The smallest absolute Gasteiger partial charge is 0.408 e. The van der Waals surface area contributed by atoms with Gasteiger partial charge in [-0.25, -0.2) is 23.5 Å². The third kappa shape index (κ3) is 4.21. The lowest BCUT2D eigenvalue weighted by molar-refractivity contribution is 0.0505. The van der Waals surface area contributed by atoms with Crippen LogP contribution in [0.3, 0.4) is 0 Å². The number of ether oxygens (including phenoxy) is 1. The van der Waals surface area contributed by atoms with Gasteiger partial charge in [-0.2, -0.15) is 0 Å². The number of rotatable bonds is 3. The van der Waals surface area contributed by atoms with Crippen molar-refractivity contribution in [2.24, 2.45) is 0 Å². The summed E-state index contributed by atoms with van der Waals surface area (Å²) in [6, 6.07) is 6.03. The van der Waals surface area contributed by atoms with Gasteiger partial charge in [0.25, 0.3) is 0 Å². The van der Waals surface area contributed by atoms with Gasteiger partial charge >= 0.3 is 6.09 Å². The van der Waals surface area contributed by atoms with Gasteiger partial charge < -0.3 is 10.1 Å². The Morgan fingerprint density at radius 2 is 1.89 bits per heavy atom. The highest BCUT2D eigenvalue weighted by Crippen LogP contribution is 2.25. The van der Waals surface area contributed by atoms with E-state index in [2.05, 4.69) is 15.3 Å². The molecule has 0 bridgehead atoms. The number of nitrogens with zero attached hydrogens (tertiary/aromatic N) is 3. The van der Waals surface area contributed by atoms with Gasteiger partial charge in [0.2, 0.25) is 0 Å². The van der Waals surface area contributed by atoms with Crippen molar-refractivity contribution < 1.29 is 18.3 Å². The van der Waals surface area contributed by atoms with Crippen molar-refractivity contribution in [1.82, 2.24) is 19.9 Å². The Kier molecular flexibility index (Phi) is 4.82. The fourth-order valence-corrected chi connectivity index (χ4v) is 2.71. The van der Waals surface area contributed by atoms with Crippen molar-refractivity contribution in [2.75, 3.05) is 0 Å². The van der Waals surface area contributed by atoms with E-state index < -0.39 is 29.4 Å². The van der Waals surface area contributed by atoms with Crippen LogP contribution in [0.2, 0.25) is 0 Å². The number of aromatic nitrogens is 3. The van der Waals surface area contributed by atoms with E-state index in [1.54, 1.807) is 50.6 Å². The molecule has 2 aromatic heterocycles. The molecule has 1 N–H and O–H groups in total. The summed E-state index contributed by atoms with van der Waals surface area (Å²) in [7, 11) is 0. The topological polar surface area (TPSA) is 69.0 Å². The van der Waals surface area contributed by atoms with E-state index >= 15 is 0 Å². The summed E-state index contributed by atoms with van der Waals surface area (Å²) in [6.45, 7) is 6.97. The molecule has 1 aromatic carbocycles. The van der Waals surface area contributed by atoms with E-state index in [0.717, 1.165) is 6.07 Å². The third-order valence-corrected chi connectivity index (χ3v) is 3.68. The van der Waals surface area contributed by atoms with Crippen LogP contribution in [0.1, 0.15) is 39.6 Å². The minimum Gasteiger partial charge on any atom is -0.444 e. The number of nitrogens with one attached hydrogen (secondary N) is 1. The second-order valence-electron chi connectivity index (χ2n) is 7.15. The minimum atomic E-state index is -0.713. The molecule has 27 heavy (non-hydrogen) atoms. The lowest BCUT2D eigenvalue weighted by Crippen LogP contribution is -2.34. The molecule has 142 valence electrons. The molecule has 1 atom stereocenters. The number of carbonyl (C=O) groups excluding carboxylic acids is 1. The van der Waals surface area contributed by atoms with Crippen molar-refractivity contribution in [3.05, 3.63) is 54.0 Å². The number of halogens is 2. The molecule has 8 heteroatoms. The molecule has 0 fully saturated rings. The van der Waals surface area contributed by atoms with Crippen molar-refractivity contribution in [3.63, 3.8) is 0 Å². The van der Waals surface area contributed by atoms with E-state index in [4.69, 9.17) is 4.74 Å². The lowest BCUT2D eigenvalue weighted by atomic mass is 10.2. The fourth-order valence-electron chi connectivity index (χ4n) is 2.71. The summed E-state index contributed by atoms with van der Waals surface area (Å²) in [4.78, 5) is 20.7. The first-order valence-electron chi connectivity index (χ1n) is 8.43. The number of hydrogen-bond donors (Lipinski definition) is 1. The van der Waals surface area contributed by atoms with E-state index in [-0.39, 0.29) is 5.69 Å². The van der Waals surface area contributed by atoms with Crippen LogP contribution in [0.5, 0.6) is 0 Å². The molecule has 2 heterocycles. The lowest BCUT2D eigenvalue weighted by Gasteiger charge is -2.22. The molecule has 1 amide bonds. The summed E-state index contributed by atoms with van der Waals surface area (Å²) in [6.07, 6.45) is 0.952. The number of alkyl carbamates (subject to hydrolysis) is 1. The molecular formula is C19H20F2N4O2.